The van der Waals surface area contributed by atoms with Crippen molar-refractivity contribution < 1.29 is 17.9 Å². The van der Waals surface area contributed by atoms with E-state index in [-0.39, 0.29) is 17.2 Å². The second kappa shape index (κ2) is 9.49. The van der Waals surface area contributed by atoms with E-state index in [4.69, 9.17) is 4.74 Å². The number of nitrogens with one attached hydrogen (secondary N) is 1. The number of nitrogens with zero attached hydrogens (tertiary/aromatic N) is 3. The van der Waals surface area contributed by atoms with Crippen molar-refractivity contribution in [3.63, 3.8) is 0 Å². The van der Waals surface area contributed by atoms with Gasteiger partial charge in [0.25, 0.3) is 0 Å². The van der Waals surface area contributed by atoms with Crippen molar-refractivity contribution in [3.8, 4) is 5.75 Å². The third-order valence-corrected chi connectivity index (χ3v) is 6.81. The Kier molecular flexibility index (Phi) is 6.97. The Labute approximate surface area is 182 Å². The molecule has 3 rings (SSSR count). The first-order valence-corrected chi connectivity index (χ1v) is 11.5. The number of imidazole rings is 1. The second-order valence-electron chi connectivity index (χ2n) is 7.38. The predicted molar refractivity (Wildman–Crippen MR) is 119 cm³/mol. The first kappa shape index (κ1) is 22.8. The van der Waals surface area contributed by atoms with Crippen LogP contribution in [-0.2, 0) is 34.8 Å². The Bertz CT molecular complexity index is 1190. The van der Waals surface area contributed by atoms with Gasteiger partial charge in [-0.3, -0.25) is 4.79 Å². The largest absolute Gasteiger partial charge is 0.494 e. The van der Waals surface area contributed by atoms with Crippen LogP contribution in [0.4, 0.5) is 0 Å². The van der Waals surface area contributed by atoms with Gasteiger partial charge in [-0.1, -0.05) is 12.1 Å². The summed E-state index contributed by atoms with van der Waals surface area (Å²) >= 11 is 0. The normalized spacial score (nSPS) is 11.8. The van der Waals surface area contributed by atoms with Crippen molar-refractivity contribution in [3.05, 3.63) is 53.9 Å². The maximum atomic E-state index is 12.4. The Morgan fingerprint density at radius 2 is 1.97 bits per heavy atom. The monoisotopic (exact) mass is 444 g/mol. The molecule has 8 nitrogen and oxygen atoms in total. The SMILES string of the molecule is CCOc1cccc(CNC(=O)CCc2nc3cc(S(=O)(=O)N(C)C)ccc3n2C)c1. The summed E-state index contributed by atoms with van der Waals surface area (Å²) in [6, 6.07) is 12.5. The second-order valence-corrected chi connectivity index (χ2v) is 9.53. The van der Waals surface area contributed by atoms with Crippen LogP contribution in [0.3, 0.4) is 0 Å². The van der Waals surface area contributed by atoms with Crippen LogP contribution in [0.5, 0.6) is 5.75 Å². The lowest BCUT2D eigenvalue weighted by atomic mass is 10.2. The van der Waals surface area contributed by atoms with E-state index in [1.54, 1.807) is 18.2 Å². The molecule has 166 valence electrons. The van der Waals surface area contributed by atoms with Gasteiger partial charge in [0.1, 0.15) is 11.6 Å². The zero-order valence-electron chi connectivity index (χ0n) is 18.3. The maximum Gasteiger partial charge on any atom is 0.242 e. The molecule has 0 radical (unpaired) electrons. The lowest BCUT2D eigenvalue weighted by Gasteiger charge is -2.10. The van der Waals surface area contributed by atoms with Crippen molar-refractivity contribution in [2.45, 2.75) is 31.2 Å². The molecule has 31 heavy (non-hydrogen) atoms. The van der Waals surface area contributed by atoms with Crippen molar-refractivity contribution in [2.75, 3.05) is 20.7 Å². The number of hydrogen-bond donors (Lipinski definition) is 1. The molecule has 1 N–H and O–H groups in total. The predicted octanol–water partition coefficient (Wildman–Crippen LogP) is 2.47. The molecule has 3 aromatic rings. The number of ether oxygens (including phenoxy) is 1. The minimum Gasteiger partial charge on any atom is -0.494 e. The van der Waals surface area contributed by atoms with Gasteiger partial charge in [0.15, 0.2) is 0 Å². The average Bonchev–Trinajstić information content (AvgIpc) is 3.06. The number of carbonyl (C=O) groups excluding carboxylic acids is 1. The standard InChI is InChI=1S/C22H28N4O4S/c1-5-30-17-8-6-7-16(13-17)15-23-22(27)12-11-21-24-19-14-18(31(28,29)25(2)3)9-10-20(19)26(21)4/h6-10,13-14H,5,11-12,15H2,1-4H3,(H,23,27). The van der Waals surface area contributed by atoms with Gasteiger partial charge in [-0.15, -0.1) is 0 Å². The van der Waals surface area contributed by atoms with Gasteiger partial charge in [-0.25, -0.2) is 17.7 Å². The summed E-state index contributed by atoms with van der Waals surface area (Å²) in [4.78, 5) is 17.1. The van der Waals surface area contributed by atoms with Crippen molar-refractivity contribution in [1.82, 2.24) is 19.2 Å². The topological polar surface area (TPSA) is 93.5 Å². The number of aryl methyl sites for hydroxylation is 2. The van der Waals surface area contributed by atoms with Gasteiger partial charge >= 0.3 is 0 Å². The molecule has 1 aromatic heterocycles. The molecule has 9 heteroatoms. The van der Waals surface area contributed by atoms with E-state index in [0.29, 0.717) is 25.1 Å². The fraction of sp³-hybridized carbons (Fsp3) is 0.364. The summed E-state index contributed by atoms with van der Waals surface area (Å²) in [6.45, 7) is 2.95. The van der Waals surface area contributed by atoms with Gasteiger partial charge in [0, 0.05) is 40.5 Å². The van der Waals surface area contributed by atoms with Crippen LogP contribution >= 0.6 is 0 Å². The number of aromatic nitrogens is 2. The average molecular weight is 445 g/mol. The molecule has 0 aliphatic heterocycles. The fourth-order valence-electron chi connectivity index (χ4n) is 3.25. The zero-order valence-corrected chi connectivity index (χ0v) is 19.1. The molecule has 0 atom stereocenters. The molecular weight excluding hydrogens is 416 g/mol. The Balaban J connectivity index is 1.64. The first-order valence-electron chi connectivity index (χ1n) is 10.1. The molecule has 0 aliphatic rings. The number of sulfonamides is 1. The zero-order chi connectivity index (χ0) is 22.6. The van der Waals surface area contributed by atoms with E-state index in [1.165, 1.54) is 18.4 Å². The summed E-state index contributed by atoms with van der Waals surface area (Å²) < 4.78 is 33.3. The van der Waals surface area contributed by atoms with Gasteiger partial charge in [-0.05, 0) is 42.8 Å². The number of carbonyl (C=O) groups is 1. The van der Waals surface area contributed by atoms with E-state index in [9.17, 15) is 13.2 Å². The smallest absolute Gasteiger partial charge is 0.242 e. The molecule has 1 amide bonds. The van der Waals surface area contributed by atoms with Crippen LogP contribution in [0.1, 0.15) is 24.7 Å². The van der Waals surface area contributed by atoms with E-state index < -0.39 is 10.0 Å². The number of benzene rings is 2. The van der Waals surface area contributed by atoms with E-state index in [2.05, 4.69) is 10.3 Å². The summed E-state index contributed by atoms with van der Waals surface area (Å²) in [5, 5.41) is 2.92. The molecule has 0 bridgehead atoms. The minimum absolute atomic E-state index is 0.0789. The lowest BCUT2D eigenvalue weighted by Crippen LogP contribution is -2.23. The van der Waals surface area contributed by atoms with Crippen molar-refractivity contribution >= 4 is 27.0 Å². The summed E-state index contributed by atoms with van der Waals surface area (Å²) in [5.74, 6) is 1.43. The lowest BCUT2D eigenvalue weighted by molar-refractivity contribution is -0.121. The van der Waals surface area contributed by atoms with Gasteiger partial charge in [0.2, 0.25) is 15.9 Å². The van der Waals surface area contributed by atoms with Crippen LogP contribution in [0.25, 0.3) is 11.0 Å². The number of hydrogen-bond acceptors (Lipinski definition) is 5. The highest BCUT2D eigenvalue weighted by molar-refractivity contribution is 7.89. The van der Waals surface area contributed by atoms with E-state index >= 15 is 0 Å². The van der Waals surface area contributed by atoms with Gasteiger partial charge in [0.05, 0.1) is 22.5 Å². The Hall–Kier alpha value is -2.91. The molecule has 0 saturated carbocycles. The quantitative estimate of drug-likeness (QED) is 0.547. The molecule has 0 unspecified atom stereocenters. The number of rotatable bonds is 9. The summed E-state index contributed by atoms with van der Waals surface area (Å²) in [6.07, 6.45) is 0.733. The van der Waals surface area contributed by atoms with Crippen molar-refractivity contribution in [2.24, 2.45) is 7.05 Å². The van der Waals surface area contributed by atoms with Crippen molar-refractivity contribution in [1.29, 1.82) is 0 Å². The molecule has 0 spiro atoms. The fourth-order valence-corrected chi connectivity index (χ4v) is 4.17. The summed E-state index contributed by atoms with van der Waals surface area (Å²) in [7, 11) is 1.33. The van der Waals surface area contributed by atoms with Crippen LogP contribution in [-0.4, -0.2) is 48.9 Å². The molecular formula is C22H28N4O4S. The first-order chi connectivity index (χ1) is 14.7. The Morgan fingerprint density at radius 3 is 2.68 bits per heavy atom. The Morgan fingerprint density at radius 1 is 1.19 bits per heavy atom. The molecule has 0 aliphatic carbocycles. The highest BCUT2D eigenvalue weighted by Gasteiger charge is 2.19. The third-order valence-electron chi connectivity index (χ3n) is 5.00. The molecule has 2 aromatic carbocycles. The molecule has 0 saturated heterocycles. The third kappa shape index (κ3) is 5.23. The summed E-state index contributed by atoms with van der Waals surface area (Å²) in [5.41, 5.74) is 2.38. The van der Waals surface area contributed by atoms with E-state index in [1.807, 2.05) is 42.8 Å². The molecule has 0 fully saturated rings. The van der Waals surface area contributed by atoms with Crippen LogP contribution in [0.2, 0.25) is 0 Å². The van der Waals surface area contributed by atoms with Crippen LogP contribution in [0, 0.1) is 0 Å². The van der Waals surface area contributed by atoms with Crippen LogP contribution < -0.4 is 10.1 Å². The highest BCUT2D eigenvalue weighted by Crippen LogP contribution is 2.22. The minimum atomic E-state index is -3.53. The van der Waals surface area contributed by atoms with Gasteiger partial charge < -0.3 is 14.6 Å². The number of amides is 1. The van der Waals surface area contributed by atoms with E-state index in [0.717, 1.165) is 22.7 Å². The van der Waals surface area contributed by atoms with Gasteiger partial charge in [-0.2, -0.15) is 0 Å². The molecule has 1 heterocycles. The number of fused-ring (bicyclic) bond motifs is 1. The highest BCUT2D eigenvalue weighted by atomic mass is 32.2. The maximum absolute atomic E-state index is 12.4. The van der Waals surface area contributed by atoms with Crippen LogP contribution in [0.15, 0.2) is 47.4 Å².